The van der Waals surface area contributed by atoms with E-state index in [1.807, 2.05) is 24.3 Å². The van der Waals surface area contributed by atoms with Crippen molar-refractivity contribution in [2.24, 2.45) is 11.7 Å². The summed E-state index contributed by atoms with van der Waals surface area (Å²) in [5, 5.41) is 9.79. The number of anilines is 1. The van der Waals surface area contributed by atoms with Gasteiger partial charge in [0.25, 0.3) is 0 Å². The number of nitrogens with two attached hydrogens (primary N) is 1. The second-order valence-electron chi connectivity index (χ2n) is 4.92. The molecule has 1 heterocycles. The largest absolute Gasteiger partial charge is 0.389 e. The summed E-state index contributed by atoms with van der Waals surface area (Å²) in [4.78, 5) is 13.4. The molecule has 4 heteroatoms. The van der Waals surface area contributed by atoms with E-state index in [9.17, 15) is 9.90 Å². The van der Waals surface area contributed by atoms with Crippen LogP contribution in [0.3, 0.4) is 0 Å². The number of carbonyl (C=O) groups excluding carboxylic acids is 1. The minimum atomic E-state index is -0.504. The maximum absolute atomic E-state index is 11.3. The minimum absolute atomic E-state index is 0.0826. The molecule has 3 N–H and O–H groups in total. The van der Waals surface area contributed by atoms with Gasteiger partial charge in [-0.25, -0.2) is 0 Å². The molecule has 18 heavy (non-hydrogen) atoms. The highest BCUT2D eigenvalue weighted by atomic mass is 16.3. The number of aliphatic hydroxyl groups is 1. The SMILES string of the molecule is C[C@@H](O)c1ccccc1N1CCCC(C(N)=O)C1. The summed E-state index contributed by atoms with van der Waals surface area (Å²) in [6.45, 7) is 3.32. The summed E-state index contributed by atoms with van der Waals surface area (Å²) in [7, 11) is 0. The second kappa shape index (κ2) is 5.40. The van der Waals surface area contributed by atoms with E-state index < -0.39 is 6.10 Å². The third-order valence-corrected chi connectivity index (χ3v) is 3.55. The van der Waals surface area contributed by atoms with Crippen molar-refractivity contribution >= 4 is 11.6 Å². The van der Waals surface area contributed by atoms with Crippen molar-refractivity contribution in [2.45, 2.75) is 25.9 Å². The molecule has 0 spiro atoms. The van der Waals surface area contributed by atoms with Crippen LogP contribution in [0.1, 0.15) is 31.4 Å². The lowest BCUT2D eigenvalue weighted by atomic mass is 9.96. The summed E-state index contributed by atoms with van der Waals surface area (Å²) in [6, 6.07) is 7.79. The first-order valence-corrected chi connectivity index (χ1v) is 6.41. The van der Waals surface area contributed by atoms with Crippen LogP contribution < -0.4 is 10.6 Å². The van der Waals surface area contributed by atoms with Crippen molar-refractivity contribution in [3.8, 4) is 0 Å². The number of amides is 1. The van der Waals surface area contributed by atoms with Crippen LogP contribution in [0.25, 0.3) is 0 Å². The van der Waals surface area contributed by atoms with Gasteiger partial charge in [0.2, 0.25) is 5.91 Å². The first-order valence-electron chi connectivity index (χ1n) is 6.41. The highest BCUT2D eigenvalue weighted by molar-refractivity contribution is 5.77. The van der Waals surface area contributed by atoms with Crippen molar-refractivity contribution < 1.29 is 9.90 Å². The van der Waals surface area contributed by atoms with Crippen molar-refractivity contribution in [1.82, 2.24) is 0 Å². The Morgan fingerprint density at radius 3 is 2.89 bits per heavy atom. The number of piperidine rings is 1. The molecule has 98 valence electrons. The zero-order valence-corrected chi connectivity index (χ0v) is 10.7. The van der Waals surface area contributed by atoms with E-state index in [1.54, 1.807) is 6.92 Å². The molecule has 1 aliphatic rings. The average molecular weight is 248 g/mol. The lowest BCUT2D eigenvalue weighted by Gasteiger charge is -2.34. The summed E-state index contributed by atoms with van der Waals surface area (Å²) >= 11 is 0. The normalized spacial score (nSPS) is 21.7. The van der Waals surface area contributed by atoms with E-state index >= 15 is 0 Å². The first kappa shape index (κ1) is 12.9. The lowest BCUT2D eigenvalue weighted by Crippen LogP contribution is -2.41. The Kier molecular flexibility index (Phi) is 3.87. The number of rotatable bonds is 3. The van der Waals surface area contributed by atoms with Gasteiger partial charge in [0.1, 0.15) is 0 Å². The minimum Gasteiger partial charge on any atom is -0.389 e. The van der Waals surface area contributed by atoms with Crippen LogP contribution in [0.2, 0.25) is 0 Å². The first-order chi connectivity index (χ1) is 8.59. The number of carbonyl (C=O) groups is 1. The van der Waals surface area contributed by atoms with Crippen LogP contribution in [-0.2, 0) is 4.79 Å². The van der Waals surface area contributed by atoms with Crippen molar-refractivity contribution in [2.75, 3.05) is 18.0 Å². The zero-order valence-electron chi connectivity index (χ0n) is 10.7. The quantitative estimate of drug-likeness (QED) is 0.850. The number of benzene rings is 1. The van der Waals surface area contributed by atoms with Crippen LogP contribution in [0.15, 0.2) is 24.3 Å². The van der Waals surface area contributed by atoms with Crippen molar-refractivity contribution in [3.63, 3.8) is 0 Å². The number of para-hydroxylation sites is 1. The molecule has 0 aliphatic carbocycles. The van der Waals surface area contributed by atoms with Gasteiger partial charge in [-0.2, -0.15) is 0 Å². The van der Waals surface area contributed by atoms with E-state index in [2.05, 4.69) is 4.90 Å². The molecule has 1 aliphatic heterocycles. The molecule has 1 fully saturated rings. The summed E-state index contributed by atoms with van der Waals surface area (Å²) in [5.41, 5.74) is 7.31. The summed E-state index contributed by atoms with van der Waals surface area (Å²) < 4.78 is 0. The predicted octanol–water partition coefficient (Wildman–Crippen LogP) is 1.44. The van der Waals surface area contributed by atoms with Crippen molar-refractivity contribution in [1.29, 1.82) is 0 Å². The molecule has 0 bridgehead atoms. The van der Waals surface area contributed by atoms with Gasteiger partial charge in [-0.3, -0.25) is 4.79 Å². The maximum Gasteiger partial charge on any atom is 0.222 e. The monoisotopic (exact) mass is 248 g/mol. The predicted molar refractivity (Wildman–Crippen MR) is 71.2 cm³/mol. The molecule has 1 amide bonds. The number of aliphatic hydroxyl groups excluding tert-OH is 1. The average Bonchev–Trinajstić information content (AvgIpc) is 2.39. The van der Waals surface area contributed by atoms with Gasteiger partial charge < -0.3 is 15.7 Å². The Morgan fingerprint density at radius 2 is 2.22 bits per heavy atom. The van der Waals surface area contributed by atoms with Crippen LogP contribution in [-0.4, -0.2) is 24.1 Å². The summed E-state index contributed by atoms with van der Waals surface area (Å²) in [6.07, 6.45) is 1.32. The molecule has 0 saturated carbocycles. The van der Waals surface area contributed by atoms with E-state index in [4.69, 9.17) is 5.73 Å². The highest BCUT2D eigenvalue weighted by Crippen LogP contribution is 2.29. The Morgan fingerprint density at radius 1 is 1.50 bits per heavy atom. The Hall–Kier alpha value is -1.55. The smallest absolute Gasteiger partial charge is 0.222 e. The second-order valence-corrected chi connectivity index (χ2v) is 4.92. The van der Waals surface area contributed by atoms with Gasteiger partial charge in [-0.1, -0.05) is 18.2 Å². The third kappa shape index (κ3) is 2.64. The fourth-order valence-electron chi connectivity index (χ4n) is 2.56. The fraction of sp³-hybridized carbons (Fsp3) is 0.500. The molecule has 2 rings (SSSR count). The van der Waals surface area contributed by atoms with Crippen LogP contribution in [0.4, 0.5) is 5.69 Å². The summed E-state index contributed by atoms with van der Waals surface area (Å²) in [5.74, 6) is -0.310. The number of hydrogen-bond acceptors (Lipinski definition) is 3. The van der Waals surface area contributed by atoms with Gasteiger partial charge in [0.05, 0.1) is 12.0 Å². The van der Waals surface area contributed by atoms with E-state index in [0.717, 1.165) is 30.6 Å². The molecular formula is C14H20N2O2. The van der Waals surface area contributed by atoms with Crippen molar-refractivity contribution in [3.05, 3.63) is 29.8 Å². The standard InChI is InChI=1S/C14H20N2O2/c1-10(17)12-6-2-3-7-13(12)16-8-4-5-11(9-16)14(15)18/h2-3,6-7,10-11,17H,4-5,8-9H2,1H3,(H2,15,18)/t10-,11?/m1/s1. The van der Waals surface area contributed by atoms with E-state index in [-0.39, 0.29) is 11.8 Å². The van der Waals surface area contributed by atoms with Gasteiger partial charge >= 0.3 is 0 Å². The molecule has 4 nitrogen and oxygen atoms in total. The topological polar surface area (TPSA) is 66.6 Å². The lowest BCUT2D eigenvalue weighted by molar-refractivity contribution is -0.122. The highest BCUT2D eigenvalue weighted by Gasteiger charge is 2.25. The Labute approximate surface area is 107 Å². The number of hydrogen-bond donors (Lipinski definition) is 2. The molecule has 1 saturated heterocycles. The molecule has 1 unspecified atom stereocenters. The fourth-order valence-corrected chi connectivity index (χ4v) is 2.56. The molecule has 2 atom stereocenters. The maximum atomic E-state index is 11.3. The molecule has 1 aromatic carbocycles. The van der Waals surface area contributed by atoms with Gasteiger partial charge in [0, 0.05) is 24.3 Å². The number of nitrogens with zero attached hydrogens (tertiary/aromatic N) is 1. The molecular weight excluding hydrogens is 228 g/mol. The molecule has 0 radical (unpaired) electrons. The van der Waals surface area contributed by atoms with Crippen LogP contribution in [0.5, 0.6) is 0 Å². The third-order valence-electron chi connectivity index (χ3n) is 3.55. The molecule has 0 aromatic heterocycles. The van der Waals surface area contributed by atoms with E-state index in [0.29, 0.717) is 6.54 Å². The van der Waals surface area contributed by atoms with Crippen LogP contribution in [0, 0.1) is 5.92 Å². The van der Waals surface area contributed by atoms with Gasteiger partial charge in [-0.05, 0) is 25.8 Å². The van der Waals surface area contributed by atoms with Gasteiger partial charge in [-0.15, -0.1) is 0 Å². The number of primary amides is 1. The Balaban J connectivity index is 2.23. The Bertz CT molecular complexity index is 432. The van der Waals surface area contributed by atoms with Gasteiger partial charge in [0.15, 0.2) is 0 Å². The molecule has 1 aromatic rings. The van der Waals surface area contributed by atoms with Crippen LogP contribution >= 0.6 is 0 Å². The zero-order chi connectivity index (χ0) is 13.1. The van der Waals surface area contributed by atoms with E-state index in [1.165, 1.54) is 0 Å².